The molecule has 0 radical (unpaired) electrons. The zero-order valence-corrected chi connectivity index (χ0v) is 9.10. The standard InChI is InChI=1S/C13H15NO2/c15-11-5-6-14(8-11)7-10-9-16-13-4-2-1-3-12(10)13/h1-4,9,11,15H,5-8H2/t11-/m0/s1. The number of β-amino-alcohol motifs (C(OH)–C–C–N with tert-alkyl or cyclic N) is 1. The van der Waals surface area contributed by atoms with Gasteiger partial charge < -0.3 is 9.52 Å². The SMILES string of the molecule is O[C@H]1CCN(Cc2coc3ccccc23)C1. The third-order valence-electron chi connectivity index (χ3n) is 3.20. The molecule has 84 valence electrons. The molecule has 0 spiro atoms. The number of aliphatic hydroxyl groups is 1. The van der Waals surface area contributed by atoms with Crippen LogP contribution in [0.15, 0.2) is 34.9 Å². The highest BCUT2D eigenvalue weighted by Gasteiger charge is 2.21. The lowest BCUT2D eigenvalue weighted by Gasteiger charge is -2.13. The summed E-state index contributed by atoms with van der Waals surface area (Å²) in [5.41, 5.74) is 2.15. The fourth-order valence-corrected chi connectivity index (χ4v) is 2.35. The first kappa shape index (κ1) is 9.87. The van der Waals surface area contributed by atoms with Gasteiger partial charge in [0.15, 0.2) is 0 Å². The van der Waals surface area contributed by atoms with Crippen molar-refractivity contribution >= 4 is 11.0 Å². The minimum Gasteiger partial charge on any atom is -0.464 e. The van der Waals surface area contributed by atoms with E-state index in [1.54, 1.807) is 0 Å². The van der Waals surface area contributed by atoms with Crippen LogP contribution in [0.3, 0.4) is 0 Å². The van der Waals surface area contributed by atoms with Crippen LogP contribution in [0.4, 0.5) is 0 Å². The Balaban J connectivity index is 1.84. The van der Waals surface area contributed by atoms with Crippen LogP contribution in [0.25, 0.3) is 11.0 Å². The van der Waals surface area contributed by atoms with Gasteiger partial charge in [0.1, 0.15) is 5.58 Å². The summed E-state index contributed by atoms with van der Waals surface area (Å²) in [5, 5.41) is 10.7. The molecule has 1 fully saturated rings. The highest BCUT2D eigenvalue weighted by Crippen LogP contribution is 2.23. The molecule has 1 saturated heterocycles. The molecule has 0 amide bonds. The van der Waals surface area contributed by atoms with Crippen molar-refractivity contribution in [3.8, 4) is 0 Å². The average molecular weight is 217 g/mol. The maximum atomic E-state index is 9.48. The molecule has 3 nitrogen and oxygen atoms in total. The number of fused-ring (bicyclic) bond motifs is 1. The van der Waals surface area contributed by atoms with Gasteiger partial charge in [-0.3, -0.25) is 4.90 Å². The molecule has 2 heterocycles. The zero-order valence-electron chi connectivity index (χ0n) is 9.10. The maximum absolute atomic E-state index is 9.48. The van der Waals surface area contributed by atoms with Crippen molar-refractivity contribution in [1.82, 2.24) is 4.90 Å². The average Bonchev–Trinajstić information content (AvgIpc) is 2.87. The summed E-state index contributed by atoms with van der Waals surface area (Å²) >= 11 is 0. The van der Waals surface area contributed by atoms with E-state index in [0.717, 1.165) is 31.6 Å². The van der Waals surface area contributed by atoms with Crippen molar-refractivity contribution in [3.63, 3.8) is 0 Å². The quantitative estimate of drug-likeness (QED) is 0.835. The Morgan fingerprint density at radius 2 is 2.25 bits per heavy atom. The number of nitrogens with zero attached hydrogens (tertiary/aromatic N) is 1. The summed E-state index contributed by atoms with van der Waals surface area (Å²) in [4.78, 5) is 2.27. The van der Waals surface area contributed by atoms with Gasteiger partial charge in [-0.15, -0.1) is 0 Å². The molecule has 1 aromatic carbocycles. The van der Waals surface area contributed by atoms with Crippen molar-refractivity contribution in [1.29, 1.82) is 0 Å². The Hall–Kier alpha value is -1.32. The summed E-state index contributed by atoms with van der Waals surface area (Å²) in [6.07, 6.45) is 2.56. The number of benzene rings is 1. The highest BCUT2D eigenvalue weighted by molar-refractivity contribution is 5.80. The van der Waals surface area contributed by atoms with Gasteiger partial charge in [-0.25, -0.2) is 0 Å². The van der Waals surface area contributed by atoms with E-state index in [4.69, 9.17) is 4.42 Å². The normalized spacial score (nSPS) is 21.9. The molecule has 1 aliphatic rings. The highest BCUT2D eigenvalue weighted by atomic mass is 16.3. The third kappa shape index (κ3) is 1.72. The smallest absolute Gasteiger partial charge is 0.134 e. The second-order valence-corrected chi connectivity index (χ2v) is 4.43. The van der Waals surface area contributed by atoms with Crippen molar-refractivity contribution in [2.24, 2.45) is 0 Å². The molecular weight excluding hydrogens is 202 g/mol. The number of furan rings is 1. The Bertz CT molecular complexity index is 491. The number of hydrogen-bond donors (Lipinski definition) is 1. The minimum absolute atomic E-state index is 0.154. The van der Waals surface area contributed by atoms with Gasteiger partial charge in [0.25, 0.3) is 0 Å². The van der Waals surface area contributed by atoms with Gasteiger partial charge in [-0.05, 0) is 12.5 Å². The molecule has 1 N–H and O–H groups in total. The molecule has 3 heteroatoms. The Morgan fingerprint density at radius 3 is 3.06 bits per heavy atom. The van der Waals surface area contributed by atoms with E-state index in [1.165, 1.54) is 10.9 Å². The van der Waals surface area contributed by atoms with Crippen molar-refractivity contribution < 1.29 is 9.52 Å². The van der Waals surface area contributed by atoms with Crippen LogP contribution in [-0.4, -0.2) is 29.2 Å². The monoisotopic (exact) mass is 217 g/mol. The predicted octanol–water partition coefficient (Wildman–Crippen LogP) is 2.00. The lowest BCUT2D eigenvalue weighted by Crippen LogP contribution is -2.21. The summed E-state index contributed by atoms with van der Waals surface area (Å²) in [6.45, 7) is 2.62. The topological polar surface area (TPSA) is 36.6 Å². The van der Waals surface area contributed by atoms with Crippen LogP contribution in [0.1, 0.15) is 12.0 Å². The molecule has 16 heavy (non-hydrogen) atoms. The van der Waals surface area contributed by atoms with E-state index in [2.05, 4.69) is 11.0 Å². The number of para-hydroxylation sites is 1. The molecular formula is C13H15NO2. The van der Waals surface area contributed by atoms with Crippen molar-refractivity contribution in [3.05, 3.63) is 36.1 Å². The maximum Gasteiger partial charge on any atom is 0.134 e. The fraction of sp³-hybridized carbons (Fsp3) is 0.385. The first-order valence-corrected chi connectivity index (χ1v) is 5.68. The van der Waals surface area contributed by atoms with Crippen LogP contribution in [0, 0.1) is 0 Å². The molecule has 1 aromatic heterocycles. The van der Waals surface area contributed by atoms with Crippen LogP contribution < -0.4 is 0 Å². The Morgan fingerprint density at radius 1 is 1.38 bits per heavy atom. The first-order chi connectivity index (χ1) is 7.83. The predicted molar refractivity (Wildman–Crippen MR) is 62.1 cm³/mol. The lowest BCUT2D eigenvalue weighted by molar-refractivity contribution is 0.175. The van der Waals surface area contributed by atoms with Gasteiger partial charge >= 0.3 is 0 Å². The number of aliphatic hydroxyl groups excluding tert-OH is 1. The van der Waals surface area contributed by atoms with E-state index in [1.807, 2.05) is 24.5 Å². The molecule has 0 bridgehead atoms. The third-order valence-corrected chi connectivity index (χ3v) is 3.20. The zero-order chi connectivity index (χ0) is 11.0. The largest absolute Gasteiger partial charge is 0.464 e. The van der Waals surface area contributed by atoms with Gasteiger partial charge in [-0.1, -0.05) is 18.2 Å². The van der Waals surface area contributed by atoms with E-state index in [-0.39, 0.29) is 6.10 Å². The van der Waals surface area contributed by atoms with E-state index in [9.17, 15) is 5.11 Å². The number of rotatable bonds is 2. The van der Waals surface area contributed by atoms with Crippen molar-refractivity contribution in [2.45, 2.75) is 19.1 Å². The summed E-state index contributed by atoms with van der Waals surface area (Å²) in [6, 6.07) is 8.08. The van der Waals surface area contributed by atoms with E-state index >= 15 is 0 Å². The molecule has 2 aromatic rings. The Kier molecular flexibility index (Phi) is 2.42. The first-order valence-electron chi connectivity index (χ1n) is 5.68. The summed E-state index contributed by atoms with van der Waals surface area (Å²) < 4.78 is 5.50. The fourth-order valence-electron chi connectivity index (χ4n) is 2.35. The molecule has 0 aliphatic carbocycles. The molecule has 3 rings (SSSR count). The van der Waals surface area contributed by atoms with E-state index < -0.39 is 0 Å². The minimum atomic E-state index is -0.154. The molecule has 1 aliphatic heterocycles. The van der Waals surface area contributed by atoms with Crippen LogP contribution >= 0.6 is 0 Å². The molecule has 1 atom stereocenters. The second-order valence-electron chi connectivity index (χ2n) is 4.43. The van der Waals surface area contributed by atoms with Gasteiger partial charge in [0.05, 0.1) is 12.4 Å². The van der Waals surface area contributed by atoms with Gasteiger partial charge in [-0.2, -0.15) is 0 Å². The second kappa shape index (κ2) is 3.92. The van der Waals surface area contributed by atoms with Gasteiger partial charge in [0, 0.05) is 30.6 Å². The van der Waals surface area contributed by atoms with Crippen LogP contribution in [-0.2, 0) is 6.54 Å². The lowest BCUT2D eigenvalue weighted by atomic mass is 10.2. The van der Waals surface area contributed by atoms with Crippen molar-refractivity contribution in [2.75, 3.05) is 13.1 Å². The summed E-state index contributed by atoms with van der Waals surface area (Å²) in [7, 11) is 0. The number of hydrogen-bond acceptors (Lipinski definition) is 3. The molecule has 0 unspecified atom stereocenters. The molecule has 0 saturated carbocycles. The van der Waals surface area contributed by atoms with E-state index in [0.29, 0.717) is 0 Å². The Labute approximate surface area is 94.3 Å². The van der Waals surface area contributed by atoms with Crippen LogP contribution in [0.5, 0.6) is 0 Å². The summed E-state index contributed by atoms with van der Waals surface area (Å²) in [5.74, 6) is 0. The number of likely N-dealkylation sites (tertiary alicyclic amines) is 1. The van der Waals surface area contributed by atoms with Crippen LogP contribution in [0.2, 0.25) is 0 Å². The van der Waals surface area contributed by atoms with Gasteiger partial charge in [0.2, 0.25) is 0 Å².